The fraction of sp³-hybridized carbons (Fsp3) is 0.333. The Kier molecular flexibility index (Phi) is 4.20. The molecule has 1 aromatic carbocycles. The topological polar surface area (TPSA) is 73.7 Å². The molecule has 1 heterocycles. The largest absolute Gasteiger partial charge is 0.481 e. The number of aliphatic carboxylic acids is 1. The molecule has 2 N–H and O–H groups in total. The van der Waals surface area contributed by atoms with Crippen LogP contribution in [0.15, 0.2) is 30.3 Å². The molecular weight excluding hydrogens is 256 g/mol. The van der Waals surface area contributed by atoms with E-state index in [2.05, 4.69) is 4.98 Å². The van der Waals surface area contributed by atoms with Crippen molar-refractivity contribution in [3.8, 4) is 0 Å². The van der Waals surface area contributed by atoms with Crippen molar-refractivity contribution in [2.75, 3.05) is 18.5 Å². The van der Waals surface area contributed by atoms with E-state index < -0.39 is 11.9 Å². The lowest BCUT2D eigenvalue weighted by Crippen LogP contribution is -2.29. The lowest BCUT2D eigenvalue weighted by Gasteiger charge is -2.23. The van der Waals surface area contributed by atoms with Crippen LogP contribution in [0.3, 0.4) is 0 Å². The first-order chi connectivity index (χ1) is 9.52. The van der Waals surface area contributed by atoms with Gasteiger partial charge < -0.3 is 15.1 Å². The minimum absolute atomic E-state index is 0.126. The van der Waals surface area contributed by atoms with E-state index in [1.807, 2.05) is 30.3 Å². The fourth-order valence-corrected chi connectivity index (χ4v) is 2.17. The molecule has 0 spiro atoms. The summed E-state index contributed by atoms with van der Waals surface area (Å²) in [4.78, 5) is 17.2. The fourth-order valence-electron chi connectivity index (χ4n) is 2.17. The third-order valence-corrected chi connectivity index (χ3v) is 3.28. The number of para-hydroxylation sites is 1. The van der Waals surface area contributed by atoms with Crippen LogP contribution < -0.4 is 4.90 Å². The van der Waals surface area contributed by atoms with Gasteiger partial charge in [-0.05, 0) is 12.1 Å². The quantitative estimate of drug-likeness (QED) is 0.871. The summed E-state index contributed by atoms with van der Waals surface area (Å²) in [5.41, 5.74) is 1.53. The molecule has 0 radical (unpaired) electrons. The smallest absolute Gasteiger partial charge is 0.308 e. The van der Waals surface area contributed by atoms with Crippen molar-refractivity contribution < 1.29 is 15.0 Å². The van der Waals surface area contributed by atoms with E-state index in [9.17, 15) is 9.90 Å². The van der Waals surface area contributed by atoms with Gasteiger partial charge in [0.2, 0.25) is 0 Å². The Morgan fingerprint density at radius 2 is 2.10 bits per heavy atom. The van der Waals surface area contributed by atoms with Crippen molar-refractivity contribution >= 4 is 22.7 Å². The molecule has 1 atom stereocenters. The number of carboxylic acids is 1. The molecule has 2 rings (SSSR count). The monoisotopic (exact) mass is 274 g/mol. The van der Waals surface area contributed by atoms with Gasteiger partial charge in [-0.2, -0.15) is 0 Å². The number of aliphatic hydroxyl groups is 1. The van der Waals surface area contributed by atoms with Crippen molar-refractivity contribution in [3.63, 3.8) is 0 Å². The highest BCUT2D eigenvalue weighted by Crippen LogP contribution is 2.23. The van der Waals surface area contributed by atoms with E-state index in [1.165, 1.54) is 0 Å². The highest BCUT2D eigenvalue weighted by Gasteiger charge is 2.17. The molecule has 1 aromatic heterocycles. The van der Waals surface area contributed by atoms with Gasteiger partial charge in [-0.25, -0.2) is 4.98 Å². The summed E-state index contributed by atoms with van der Waals surface area (Å²) in [6.07, 6.45) is 0. The van der Waals surface area contributed by atoms with Crippen LogP contribution in [-0.2, 0) is 11.4 Å². The number of carboxylic acid groups (broad SMARTS) is 1. The molecular formula is C15H18N2O3. The average molecular weight is 274 g/mol. The van der Waals surface area contributed by atoms with Gasteiger partial charge in [0.1, 0.15) is 5.82 Å². The molecule has 1 unspecified atom stereocenters. The number of hydrogen-bond acceptors (Lipinski definition) is 4. The van der Waals surface area contributed by atoms with Gasteiger partial charge in [-0.1, -0.05) is 25.1 Å². The highest BCUT2D eigenvalue weighted by molar-refractivity contribution is 5.82. The van der Waals surface area contributed by atoms with Crippen LogP contribution in [0.1, 0.15) is 12.5 Å². The summed E-state index contributed by atoms with van der Waals surface area (Å²) in [5.74, 6) is -0.720. The predicted molar refractivity (Wildman–Crippen MR) is 77.7 cm³/mol. The summed E-state index contributed by atoms with van der Waals surface area (Å²) < 4.78 is 0. The Morgan fingerprint density at radius 3 is 2.75 bits per heavy atom. The second-order valence-corrected chi connectivity index (χ2v) is 4.94. The normalized spacial score (nSPS) is 12.3. The number of aromatic nitrogens is 1. The molecule has 2 aromatic rings. The minimum Gasteiger partial charge on any atom is -0.481 e. The maximum Gasteiger partial charge on any atom is 0.308 e. The van der Waals surface area contributed by atoms with Crippen LogP contribution >= 0.6 is 0 Å². The lowest BCUT2D eigenvalue weighted by molar-refractivity contribution is -0.140. The van der Waals surface area contributed by atoms with Gasteiger partial charge in [0.05, 0.1) is 18.0 Å². The van der Waals surface area contributed by atoms with Gasteiger partial charge in [0, 0.05) is 24.5 Å². The molecule has 0 saturated heterocycles. The van der Waals surface area contributed by atoms with E-state index in [0.717, 1.165) is 10.9 Å². The predicted octanol–water partition coefficient (Wildman–Crippen LogP) is 1.88. The lowest BCUT2D eigenvalue weighted by atomic mass is 10.1. The number of carbonyl (C=O) groups is 1. The van der Waals surface area contributed by atoms with E-state index in [4.69, 9.17) is 5.11 Å². The van der Waals surface area contributed by atoms with E-state index >= 15 is 0 Å². The Hall–Kier alpha value is -2.14. The molecule has 5 heteroatoms. The summed E-state index contributed by atoms with van der Waals surface area (Å²) in [6, 6.07) is 9.54. The Labute approximate surface area is 117 Å². The first-order valence-corrected chi connectivity index (χ1v) is 6.46. The van der Waals surface area contributed by atoms with Crippen LogP contribution in [0.25, 0.3) is 10.9 Å². The number of nitrogens with zero attached hydrogens (tertiary/aromatic N) is 2. The summed E-state index contributed by atoms with van der Waals surface area (Å²) in [5, 5.41) is 19.4. The standard InChI is InChI=1S/C15H18N2O3/c1-10(15(19)20)8-17(2)14-12(9-18)7-11-5-3-4-6-13(11)16-14/h3-7,10,18H,8-9H2,1-2H3,(H,19,20). The van der Waals surface area contributed by atoms with Crippen molar-refractivity contribution in [2.45, 2.75) is 13.5 Å². The van der Waals surface area contributed by atoms with Crippen LogP contribution in [0.4, 0.5) is 5.82 Å². The van der Waals surface area contributed by atoms with Gasteiger partial charge >= 0.3 is 5.97 Å². The molecule has 20 heavy (non-hydrogen) atoms. The van der Waals surface area contributed by atoms with E-state index in [-0.39, 0.29) is 6.61 Å². The zero-order chi connectivity index (χ0) is 14.7. The third-order valence-electron chi connectivity index (χ3n) is 3.28. The van der Waals surface area contributed by atoms with Gasteiger partial charge in [0.25, 0.3) is 0 Å². The van der Waals surface area contributed by atoms with Crippen molar-refractivity contribution in [2.24, 2.45) is 5.92 Å². The summed E-state index contributed by atoms with van der Waals surface area (Å²) >= 11 is 0. The number of benzene rings is 1. The number of rotatable bonds is 5. The van der Waals surface area contributed by atoms with Gasteiger partial charge in [-0.3, -0.25) is 4.79 Å². The third kappa shape index (κ3) is 2.88. The number of aliphatic hydroxyl groups excluding tert-OH is 1. The number of hydrogen-bond donors (Lipinski definition) is 2. The minimum atomic E-state index is -0.844. The van der Waals surface area contributed by atoms with Crippen LogP contribution in [0, 0.1) is 5.92 Å². The van der Waals surface area contributed by atoms with E-state index in [0.29, 0.717) is 17.9 Å². The first-order valence-electron chi connectivity index (χ1n) is 6.46. The Bertz CT molecular complexity index is 628. The SMILES string of the molecule is CC(CN(C)c1nc2ccccc2cc1CO)C(=O)O. The zero-order valence-corrected chi connectivity index (χ0v) is 11.6. The van der Waals surface area contributed by atoms with E-state index in [1.54, 1.807) is 18.9 Å². The maximum atomic E-state index is 10.9. The summed E-state index contributed by atoms with van der Waals surface area (Å²) in [6.45, 7) is 1.87. The number of fused-ring (bicyclic) bond motifs is 1. The molecule has 5 nitrogen and oxygen atoms in total. The molecule has 0 bridgehead atoms. The van der Waals surface area contributed by atoms with Crippen LogP contribution in [-0.4, -0.2) is 34.8 Å². The molecule has 0 aliphatic heterocycles. The number of pyridine rings is 1. The molecule has 0 aliphatic rings. The molecule has 0 saturated carbocycles. The van der Waals surface area contributed by atoms with Crippen LogP contribution in [0.2, 0.25) is 0 Å². The molecule has 106 valence electrons. The highest BCUT2D eigenvalue weighted by atomic mass is 16.4. The molecule has 0 amide bonds. The van der Waals surface area contributed by atoms with Crippen molar-refractivity contribution in [3.05, 3.63) is 35.9 Å². The second-order valence-electron chi connectivity index (χ2n) is 4.94. The van der Waals surface area contributed by atoms with Gasteiger partial charge in [0.15, 0.2) is 0 Å². The molecule has 0 fully saturated rings. The Balaban J connectivity index is 2.38. The van der Waals surface area contributed by atoms with Gasteiger partial charge in [-0.15, -0.1) is 0 Å². The summed E-state index contributed by atoms with van der Waals surface area (Å²) in [7, 11) is 1.79. The Morgan fingerprint density at radius 1 is 1.40 bits per heavy atom. The second kappa shape index (κ2) is 5.88. The average Bonchev–Trinajstić information content (AvgIpc) is 2.45. The zero-order valence-electron chi connectivity index (χ0n) is 11.6. The number of anilines is 1. The molecule has 0 aliphatic carbocycles. The maximum absolute atomic E-state index is 10.9. The van der Waals surface area contributed by atoms with Crippen molar-refractivity contribution in [1.29, 1.82) is 0 Å². The first kappa shape index (κ1) is 14.3. The van der Waals surface area contributed by atoms with Crippen molar-refractivity contribution in [1.82, 2.24) is 4.98 Å². The van der Waals surface area contributed by atoms with Crippen LogP contribution in [0.5, 0.6) is 0 Å².